The van der Waals surface area contributed by atoms with Crippen LogP contribution in [0.1, 0.15) is 70.2 Å². The van der Waals surface area contributed by atoms with Gasteiger partial charge >= 0.3 is 5.97 Å². The number of hydrogen-bond acceptors (Lipinski definition) is 7. The highest BCUT2D eigenvalue weighted by Gasteiger charge is 2.43. The van der Waals surface area contributed by atoms with Gasteiger partial charge in [0.25, 0.3) is 5.91 Å². The van der Waals surface area contributed by atoms with Gasteiger partial charge in [-0.25, -0.2) is 0 Å². The fourth-order valence-corrected chi connectivity index (χ4v) is 10.7. The van der Waals surface area contributed by atoms with Crippen LogP contribution in [-0.4, -0.2) is 44.1 Å². The maximum Gasteiger partial charge on any atom is 0.323 e. The zero-order valence-corrected chi connectivity index (χ0v) is 31.0. The van der Waals surface area contributed by atoms with Crippen LogP contribution in [0.5, 0.6) is 5.88 Å². The summed E-state index contributed by atoms with van der Waals surface area (Å²) < 4.78 is 2.09. The smallest absolute Gasteiger partial charge is 0.323 e. The molecule has 2 N–H and O–H groups in total. The minimum Gasteiger partial charge on any atom is -0.494 e. The van der Waals surface area contributed by atoms with Gasteiger partial charge < -0.3 is 20.0 Å². The Bertz CT molecular complexity index is 2240. The molecule has 1 aliphatic carbocycles. The zero-order valence-electron chi connectivity index (χ0n) is 28.5. The van der Waals surface area contributed by atoms with E-state index in [0.29, 0.717) is 32.2 Å². The van der Waals surface area contributed by atoms with E-state index in [0.717, 1.165) is 36.1 Å². The predicted molar refractivity (Wildman–Crippen MR) is 213 cm³/mol. The Balaban J connectivity index is 1.10. The highest BCUT2D eigenvalue weighted by Crippen LogP contribution is 2.54. The molecule has 0 spiro atoms. The van der Waals surface area contributed by atoms with E-state index < -0.39 is 17.9 Å². The van der Waals surface area contributed by atoms with Gasteiger partial charge in [-0.3, -0.25) is 14.2 Å². The number of fused-ring (bicyclic) bond motifs is 3. The van der Waals surface area contributed by atoms with Gasteiger partial charge in [-0.05, 0) is 102 Å². The van der Waals surface area contributed by atoms with Crippen LogP contribution in [0.15, 0.2) is 108 Å². The van der Waals surface area contributed by atoms with E-state index in [9.17, 15) is 19.8 Å². The Morgan fingerprint density at radius 2 is 1.60 bits per heavy atom. The number of anilines is 2. The summed E-state index contributed by atoms with van der Waals surface area (Å²) in [6, 6.07) is 36.6. The lowest BCUT2D eigenvalue weighted by Crippen LogP contribution is -2.32. The van der Waals surface area contributed by atoms with Crippen molar-refractivity contribution in [3.05, 3.63) is 145 Å². The van der Waals surface area contributed by atoms with Crippen LogP contribution in [0.4, 0.5) is 11.4 Å². The number of aromatic hydroxyl groups is 1. The Morgan fingerprint density at radius 3 is 2.23 bits per heavy atom. The molecule has 1 aromatic heterocycles. The number of carbonyl (C=O) groups excluding carboxylic acids is 1. The molecule has 3 aliphatic rings. The van der Waals surface area contributed by atoms with Crippen LogP contribution in [0.2, 0.25) is 0 Å². The summed E-state index contributed by atoms with van der Waals surface area (Å²) in [5.74, 6) is -1.10. The predicted octanol–water partition coefficient (Wildman–Crippen LogP) is 10.1. The molecule has 3 unspecified atom stereocenters. The highest BCUT2D eigenvalue weighted by molar-refractivity contribution is 8.05. The molecule has 5 aromatic rings. The van der Waals surface area contributed by atoms with Gasteiger partial charge in [-0.1, -0.05) is 97.0 Å². The van der Waals surface area contributed by atoms with Crippen molar-refractivity contribution in [2.75, 3.05) is 11.4 Å². The van der Waals surface area contributed by atoms with Crippen LogP contribution < -0.4 is 4.90 Å². The van der Waals surface area contributed by atoms with Crippen molar-refractivity contribution in [2.24, 2.45) is 0 Å². The number of thioether (sulfide) groups is 1. The van der Waals surface area contributed by atoms with Crippen molar-refractivity contribution in [3.8, 4) is 5.88 Å². The first kappa shape index (κ1) is 34.2. The van der Waals surface area contributed by atoms with Gasteiger partial charge in [-0.2, -0.15) is 0 Å². The second-order valence-electron chi connectivity index (χ2n) is 13.3. The van der Waals surface area contributed by atoms with Crippen molar-refractivity contribution >= 4 is 76.3 Å². The van der Waals surface area contributed by atoms with E-state index in [4.69, 9.17) is 12.2 Å². The van der Waals surface area contributed by atoms with Crippen molar-refractivity contribution in [2.45, 2.75) is 50.1 Å². The number of rotatable bonds is 9. The number of carboxylic acid groups (broad SMARTS) is 1. The third-order valence-electron chi connectivity index (χ3n) is 10.2. The Labute approximate surface area is 316 Å². The number of benzene rings is 4. The molecule has 52 heavy (non-hydrogen) atoms. The minimum absolute atomic E-state index is 0.0128. The molecule has 4 aromatic carbocycles. The molecular formula is C42H37N3O4S3. The maximum atomic E-state index is 13.7. The summed E-state index contributed by atoms with van der Waals surface area (Å²) in [4.78, 5) is 30.2. The average molecular weight is 744 g/mol. The summed E-state index contributed by atoms with van der Waals surface area (Å²) in [5, 5.41) is 19.9. The molecule has 3 atom stereocenters. The number of hydrogen-bond donors (Lipinski definition) is 2. The molecule has 0 radical (unpaired) electrons. The fourth-order valence-electron chi connectivity index (χ4n) is 7.85. The highest BCUT2D eigenvalue weighted by atomic mass is 32.2. The quantitative estimate of drug-likeness (QED) is 0.0883. The van der Waals surface area contributed by atoms with E-state index in [1.807, 2.05) is 31.2 Å². The molecule has 7 nitrogen and oxygen atoms in total. The monoisotopic (exact) mass is 743 g/mol. The molecule has 8 rings (SSSR count). The normalized spacial score (nSPS) is 20.0. The molecule has 3 heterocycles. The van der Waals surface area contributed by atoms with E-state index in [1.165, 1.54) is 55.9 Å². The lowest BCUT2D eigenvalue weighted by Gasteiger charge is -2.27. The first-order valence-electron chi connectivity index (χ1n) is 17.5. The summed E-state index contributed by atoms with van der Waals surface area (Å²) >= 11 is 7.92. The topological polar surface area (TPSA) is 86.0 Å². The van der Waals surface area contributed by atoms with Crippen molar-refractivity contribution in [1.29, 1.82) is 0 Å². The summed E-state index contributed by atoms with van der Waals surface area (Å²) in [6.07, 6.45) is 7.48. The molecular weight excluding hydrogens is 707 g/mol. The zero-order chi connectivity index (χ0) is 35.9. The van der Waals surface area contributed by atoms with Crippen molar-refractivity contribution in [1.82, 2.24) is 9.47 Å². The standard InChI is InChI=1S/C42H37N3O4S3/c1-2-43-40(49)38(52-42(43)50)41-44(25-37(46)47)39(48)36(51-41)24-27-18-21-35-33(23-27)31-14-9-15-34(31)45(35)30-19-16-26(17-20-30)22-32(28-10-5-3-6-11-28)29-12-7-4-8-13-29/h3-8,10-13,16-24,31,34,41,49H,2,9,14-15,25H2,1H3,(H,46,47). The van der Waals surface area contributed by atoms with Gasteiger partial charge in [0.1, 0.15) is 16.8 Å². The second kappa shape index (κ2) is 14.3. The van der Waals surface area contributed by atoms with E-state index in [1.54, 1.807) is 4.57 Å². The Hall–Kier alpha value is -4.90. The van der Waals surface area contributed by atoms with Crippen LogP contribution in [-0.2, 0) is 16.1 Å². The van der Waals surface area contributed by atoms with Gasteiger partial charge in [0.2, 0.25) is 5.88 Å². The van der Waals surface area contributed by atoms with Crippen molar-refractivity contribution < 1.29 is 19.8 Å². The lowest BCUT2D eigenvalue weighted by molar-refractivity contribution is -0.142. The number of nitrogens with zero attached hydrogens (tertiary/aromatic N) is 3. The number of amides is 1. The van der Waals surface area contributed by atoms with Crippen LogP contribution >= 0.6 is 35.3 Å². The van der Waals surface area contributed by atoms with Crippen LogP contribution in [0, 0.1) is 3.95 Å². The number of carbonyl (C=O) groups is 2. The molecule has 1 saturated carbocycles. The fraction of sp³-hybridized carbons (Fsp3) is 0.214. The molecule has 0 bridgehead atoms. The van der Waals surface area contributed by atoms with Crippen LogP contribution in [0.3, 0.4) is 0 Å². The second-order valence-corrected chi connectivity index (χ2v) is 16.1. The number of aliphatic carboxylic acids is 1. The van der Waals surface area contributed by atoms with Crippen LogP contribution in [0.25, 0.3) is 17.7 Å². The SMILES string of the molecule is CCn1c(O)c(C2SC(=Cc3ccc4c(c3)C3CCCC3N4c3ccc(C=C(c4ccccc4)c4ccccc4)cc3)C(=O)N2CC(=O)O)sc1=S. The maximum absolute atomic E-state index is 13.7. The van der Waals surface area contributed by atoms with E-state index in [-0.39, 0.29) is 11.8 Å². The Morgan fingerprint density at radius 1 is 0.923 bits per heavy atom. The molecule has 2 aliphatic heterocycles. The summed E-state index contributed by atoms with van der Waals surface area (Å²) in [7, 11) is 0. The molecule has 2 fully saturated rings. The molecule has 1 amide bonds. The Kier molecular flexibility index (Phi) is 9.38. The molecule has 10 heteroatoms. The third kappa shape index (κ3) is 6.29. The number of carboxylic acids is 1. The third-order valence-corrected chi connectivity index (χ3v) is 13.1. The van der Waals surface area contributed by atoms with E-state index in [2.05, 4.69) is 95.9 Å². The first-order valence-corrected chi connectivity index (χ1v) is 19.6. The number of thiazole rings is 1. The minimum atomic E-state index is -1.11. The summed E-state index contributed by atoms with van der Waals surface area (Å²) in [6.45, 7) is 1.89. The summed E-state index contributed by atoms with van der Waals surface area (Å²) in [5.41, 5.74) is 9.19. The lowest BCUT2D eigenvalue weighted by atomic mass is 9.95. The average Bonchev–Trinajstić information content (AvgIpc) is 3.90. The van der Waals surface area contributed by atoms with Gasteiger partial charge in [0, 0.05) is 29.9 Å². The molecule has 262 valence electrons. The van der Waals surface area contributed by atoms with Gasteiger partial charge in [0.15, 0.2) is 3.95 Å². The van der Waals surface area contributed by atoms with Crippen molar-refractivity contribution in [3.63, 3.8) is 0 Å². The van der Waals surface area contributed by atoms with Gasteiger partial charge in [0.05, 0.1) is 4.91 Å². The molecule has 1 saturated heterocycles. The number of aromatic nitrogens is 1. The van der Waals surface area contributed by atoms with E-state index >= 15 is 0 Å². The first-order chi connectivity index (χ1) is 25.3. The van der Waals surface area contributed by atoms with Gasteiger partial charge in [-0.15, -0.1) is 11.3 Å². The largest absolute Gasteiger partial charge is 0.494 e.